The number of benzene rings is 1. The number of nitrogens with zero attached hydrogens (tertiary/aromatic N) is 1. The Morgan fingerprint density at radius 1 is 1.44 bits per heavy atom. The van der Waals surface area contributed by atoms with Gasteiger partial charge in [-0.05, 0) is 32.2 Å². The van der Waals surface area contributed by atoms with Crippen LogP contribution < -0.4 is 10.1 Å². The molecule has 1 aromatic heterocycles. The van der Waals surface area contributed by atoms with Crippen LogP contribution in [0.15, 0.2) is 18.2 Å². The van der Waals surface area contributed by atoms with Crippen LogP contribution >= 0.6 is 11.6 Å². The zero-order valence-corrected chi connectivity index (χ0v) is 11.4. The van der Waals surface area contributed by atoms with Crippen molar-refractivity contribution in [1.29, 1.82) is 0 Å². The van der Waals surface area contributed by atoms with E-state index in [4.69, 9.17) is 16.3 Å². The van der Waals surface area contributed by atoms with Crippen molar-refractivity contribution in [2.75, 3.05) is 14.2 Å². The molecule has 18 heavy (non-hydrogen) atoms. The maximum atomic E-state index is 6.27. The maximum absolute atomic E-state index is 6.27. The van der Waals surface area contributed by atoms with Gasteiger partial charge in [0.2, 0.25) is 0 Å². The number of rotatable bonds is 4. The third-order valence-corrected chi connectivity index (χ3v) is 2.99. The number of imidazole rings is 1. The van der Waals surface area contributed by atoms with Crippen LogP contribution in [0.2, 0.25) is 5.02 Å². The van der Waals surface area contributed by atoms with Crippen molar-refractivity contribution in [2.45, 2.75) is 13.5 Å². The average molecular weight is 266 g/mol. The van der Waals surface area contributed by atoms with Crippen LogP contribution in [0.1, 0.15) is 11.5 Å². The molecule has 0 unspecified atom stereocenters. The summed E-state index contributed by atoms with van der Waals surface area (Å²) in [5, 5.41) is 3.75. The van der Waals surface area contributed by atoms with E-state index in [1.807, 2.05) is 26.1 Å². The number of hydrogen-bond donors (Lipinski definition) is 2. The molecule has 0 aliphatic heterocycles. The maximum Gasteiger partial charge on any atom is 0.120 e. The number of H-pyrrole nitrogens is 1. The largest absolute Gasteiger partial charge is 0.497 e. The molecule has 4 nitrogen and oxygen atoms in total. The molecule has 2 rings (SSSR count). The number of aryl methyl sites for hydroxylation is 1. The SMILES string of the molecule is CNCc1[nH]c(C)nc1-c1ccc(OC)cc1Cl. The van der Waals surface area contributed by atoms with E-state index < -0.39 is 0 Å². The van der Waals surface area contributed by atoms with Crippen LogP contribution in [-0.4, -0.2) is 24.1 Å². The van der Waals surface area contributed by atoms with E-state index in [0.717, 1.165) is 35.1 Å². The molecule has 0 bridgehead atoms. The Bertz CT molecular complexity index is 551. The summed E-state index contributed by atoms with van der Waals surface area (Å²) >= 11 is 6.27. The number of halogens is 1. The van der Waals surface area contributed by atoms with Crippen molar-refractivity contribution in [3.63, 3.8) is 0 Å². The lowest BCUT2D eigenvalue weighted by atomic mass is 10.1. The van der Waals surface area contributed by atoms with Crippen molar-refractivity contribution < 1.29 is 4.74 Å². The van der Waals surface area contributed by atoms with Crippen molar-refractivity contribution in [3.05, 3.63) is 34.7 Å². The first-order chi connectivity index (χ1) is 8.65. The second-order valence-corrected chi connectivity index (χ2v) is 4.43. The first-order valence-corrected chi connectivity index (χ1v) is 6.07. The number of aromatic nitrogens is 2. The van der Waals surface area contributed by atoms with Crippen molar-refractivity contribution in [1.82, 2.24) is 15.3 Å². The Morgan fingerprint density at radius 2 is 2.22 bits per heavy atom. The van der Waals surface area contributed by atoms with E-state index in [1.54, 1.807) is 13.2 Å². The number of nitrogens with one attached hydrogen (secondary N) is 2. The molecular weight excluding hydrogens is 250 g/mol. The van der Waals surface area contributed by atoms with E-state index in [1.165, 1.54) is 0 Å². The summed E-state index contributed by atoms with van der Waals surface area (Å²) in [5.41, 5.74) is 2.82. The molecule has 0 saturated heterocycles. The second-order valence-electron chi connectivity index (χ2n) is 4.03. The van der Waals surface area contributed by atoms with Gasteiger partial charge in [-0.2, -0.15) is 0 Å². The lowest BCUT2D eigenvalue weighted by Crippen LogP contribution is -2.06. The smallest absolute Gasteiger partial charge is 0.120 e. The van der Waals surface area contributed by atoms with Gasteiger partial charge in [0, 0.05) is 12.1 Å². The van der Waals surface area contributed by atoms with Gasteiger partial charge in [-0.1, -0.05) is 11.6 Å². The van der Waals surface area contributed by atoms with Crippen LogP contribution in [0, 0.1) is 6.92 Å². The Balaban J connectivity index is 2.47. The highest BCUT2D eigenvalue weighted by molar-refractivity contribution is 6.33. The molecule has 0 spiro atoms. The lowest BCUT2D eigenvalue weighted by Gasteiger charge is -2.06. The minimum Gasteiger partial charge on any atom is -0.497 e. The normalized spacial score (nSPS) is 10.7. The highest BCUT2D eigenvalue weighted by Crippen LogP contribution is 2.32. The zero-order valence-electron chi connectivity index (χ0n) is 10.7. The highest BCUT2D eigenvalue weighted by Gasteiger charge is 2.13. The van der Waals surface area contributed by atoms with Gasteiger partial charge in [0.15, 0.2) is 0 Å². The molecule has 0 amide bonds. The van der Waals surface area contributed by atoms with Crippen molar-refractivity contribution >= 4 is 11.6 Å². The molecule has 2 N–H and O–H groups in total. The predicted molar refractivity (Wildman–Crippen MR) is 73.1 cm³/mol. The number of aromatic amines is 1. The molecule has 0 saturated carbocycles. The third kappa shape index (κ3) is 2.49. The average Bonchev–Trinajstić information content (AvgIpc) is 2.70. The fraction of sp³-hybridized carbons (Fsp3) is 0.308. The van der Waals surface area contributed by atoms with Gasteiger partial charge in [-0.15, -0.1) is 0 Å². The first kappa shape index (κ1) is 12.9. The van der Waals surface area contributed by atoms with Gasteiger partial charge in [0.1, 0.15) is 11.6 Å². The summed E-state index contributed by atoms with van der Waals surface area (Å²) in [6, 6.07) is 5.61. The fourth-order valence-corrected chi connectivity index (χ4v) is 2.14. The predicted octanol–water partition coefficient (Wildman–Crippen LogP) is 2.77. The van der Waals surface area contributed by atoms with Crippen molar-refractivity contribution in [2.24, 2.45) is 0 Å². The summed E-state index contributed by atoms with van der Waals surface area (Å²) in [6.07, 6.45) is 0. The molecule has 0 aliphatic rings. The third-order valence-electron chi connectivity index (χ3n) is 2.68. The molecule has 0 radical (unpaired) electrons. The Hall–Kier alpha value is -1.52. The van der Waals surface area contributed by atoms with E-state index in [-0.39, 0.29) is 0 Å². The number of hydrogen-bond acceptors (Lipinski definition) is 3. The molecular formula is C13H16ClN3O. The monoisotopic (exact) mass is 265 g/mol. The standard InChI is InChI=1S/C13H16ClN3O/c1-8-16-12(7-15-2)13(17-8)10-5-4-9(18-3)6-11(10)14/h4-6,15H,7H2,1-3H3,(H,16,17). The fourth-order valence-electron chi connectivity index (χ4n) is 1.88. The highest BCUT2D eigenvalue weighted by atomic mass is 35.5. The molecule has 1 aromatic carbocycles. The van der Waals surface area contributed by atoms with Crippen LogP contribution in [-0.2, 0) is 6.54 Å². The summed E-state index contributed by atoms with van der Waals surface area (Å²) in [5.74, 6) is 1.62. The Morgan fingerprint density at radius 3 is 2.83 bits per heavy atom. The molecule has 0 aliphatic carbocycles. The van der Waals surface area contributed by atoms with Gasteiger partial charge in [-0.3, -0.25) is 0 Å². The van der Waals surface area contributed by atoms with Gasteiger partial charge in [0.05, 0.1) is 23.5 Å². The van der Waals surface area contributed by atoms with E-state index in [0.29, 0.717) is 5.02 Å². The molecule has 2 aromatic rings. The summed E-state index contributed by atoms with van der Waals surface area (Å²) in [6.45, 7) is 2.65. The topological polar surface area (TPSA) is 49.9 Å². The Kier molecular flexibility index (Phi) is 3.89. The van der Waals surface area contributed by atoms with Crippen LogP contribution in [0.4, 0.5) is 0 Å². The van der Waals surface area contributed by atoms with Crippen LogP contribution in [0.25, 0.3) is 11.3 Å². The van der Waals surface area contributed by atoms with E-state index >= 15 is 0 Å². The summed E-state index contributed by atoms with van der Waals surface area (Å²) < 4.78 is 5.14. The van der Waals surface area contributed by atoms with Gasteiger partial charge >= 0.3 is 0 Å². The van der Waals surface area contributed by atoms with Crippen molar-refractivity contribution in [3.8, 4) is 17.0 Å². The number of ether oxygens (including phenoxy) is 1. The minimum atomic E-state index is 0.637. The quantitative estimate of drug-likeness (QED) is 0.894. The van der Waals surface area contributed by atoms with E-state index in [9.17, 15) is 0 Å². The van der Waals surface area contributed by atoms with Gasteiger partial charge < -0.3 is 15.0 Å². The summed E-state index contributed by atoms with van der Waals surface area (Å²) in [7, 11) is 3.52. The van der Waals surface area contributed by atoms with Gasteiger partial charge in [-0.25, -0.2) is 4.98 Å². The number of methoxy groups -OCH3 is 1. The lowest BCUT2D eigenvalue weighted by molar-refractivity contribution is 0.415. The van der Waals surface area contributed by atoms with Gasteiger partial charge in [0.25, 0.3) is 0 Å². The zero-order chi connectivity index (χ0) is 13.1. The minimum absolute atomic E-state index is 0.637. The van der Waals surface area contributed by atoms with E-state index in [2.05, 4.69) is 15.3 Å². The molecule has 0 fully saturated rings. The molecule has 96 valence electrons. The van der Waals surface area contributed by atoms with Crippen LogP contribution in [0.5, 0.6) is 5.75 Å². The summed E-state index contributed by atoms with van der Waals surface area (Å²) in [4.78, 5) is 7.73. The Labute approximate surface area is 111 Å². The molecule has 5 heteroatoms. The molecule has 1 heterocycles. The molecule has 0 atom stereocenters. The van der Waals surface area contributed by atoms with Crippen LogP contribution in [0.3, 0.4) is 0 Å². The first-order valence-electron chi connectivity index (χ1n) is 5.69. The second kappa shape index (κ2) is 5.42.